The fraction of sp³-hybridized carbons (Fsp3) is 0.227. The van der Waals surface area contributed by atoms with E-state index >= 15 is 0 Å². The number of carbonyl (C=O) groups is 2. The normalized spacial score (nSPS) is 15.5. The van der Waals surface area contributed by atoms with Gasteiger partial charge >= 0.3 is 0 Å². The topological polar surface area (TPSA) is 104 Å². The van der Waals surface area contributed by atoms with Crippen molar-refractivity contribution in [2.75, 3.05) is 16.9 Å². The highest BCUT2D eigenvalue weighted by Gasteiger charge is 2.35. The number of aromatic nitrogens is 3. The molecule has 3 heterocycles. The van der Waals surface area contributed by atoms with E-state index in [4.69, 9.17) is 5.26 Å². The largest absolute Gasteiger partial charge is 0.324 e. The van der Waals surface area contributed by atoms with E-state index in [1.807, 2.05) is 26.0 Å². The third-order valence-electron chi connectivity index (χ3n) is 4.95. The van der Waals surface area contributed by atoms with Crippen molar-refractivity contribution < 1.29 is 9.59 Å². The molecule has 31 heavy (non-hydrogen) atoms. The number of hydrogen-bond donors (Lipinski definition) is 1. The predicted molar refractivity (Wildman–Crippen MR) is 118 cm³/mol. The van der Waals surface area contributed by atoms with Crippen LogP contribution in [0.3, 0.4) is 0 Å². The Balaban J connectivity index is 1.47. The third kappa shape index (κ3) is 4.29. The first-order valence-corrected chi connectivity index (χ1v) is 10.8. The van der Waals surface area contributed by atoms with Gasteiger partial charge in [0.1, 0.15) is 6.04 Å². The molecule has 156 valence electrons. The zero-order valence-corrected chi connectivity index (χ0v) is 17.9. The zero-order valence-electron chi connectivity index (χ0n) is 17.1. The molecule has 8 nitrogen and oxygen atoms in total. The quantitative estimate of drug-likeness (QED) is 0.680. The second-order valence-electron chi connectivity index (χ2n) is 7.21. The summed E-state index contributed by atoms with van der Waals surface area (Å²) in [6.07, 6.45) is 1.52. The summed E-state index contributed by atoms with van der Waals surface area (Å²) in [5.74, 6) is 1.09. The molecule has 0 radical (unpaired) electrons. The maximum absolute atomic E-state index is 13.1. The Hall–Kier alpha value is -3.64. The van der Waals surface area contributed by atoms with Crippen LogP contribution in [0, 0.1) is 25.2 Å². The van der Waals surface area contributed by atoms with Crippen molar-refractivity contribution in [3.63, 3.8) is 0 Å². The summed E-state index contributed by atoms with van der Waals surface area (Å²) in [4.78, 5) is 31.8. The molecule has 1 N–H and O–H groups in total. The molecule has 0 saturated carbocycles. The minimum absolute atomic E-state index is 0.239. The van der Waals surface area contributed by atoms with E-state index < -0.39 is 6.04 Å². The fourth-order valence-corrected chi connectivity index (χ4v) is 4.53. The number of anilines is 1. The van der Waals surface area contributed by atoms with E-state index in [1.54, 1.807) is 46.0 Å². The van der Waals surface area contributed by atoms with E-state index in [0.717, 1.165) is 11.4 Å². The average Bonchev–Trinajstić information content (AvgIpc) is 3.40. The number of rotatable bonds is 4. The lowest BCUT2D eigenvalue weighted by molar-refractivity contribution is -0.119. The zero-order chi connectivity index (χ0) is 22.0. The fourth-order valence-electron chi connectivity index (χ4n) is 3.38. The Morgan fingerprint density at radius 3 is 2.58 bits per heavy atom. The van der Waals surface area contributed by atoms with Gasteiger partial charge in [-0.05, 0) is 56.3 Å². The summed E-state index contributed by atoms with van der Waals surface area (Å²) in [6, 6.07) is 13.5. The summed E-state index contributed by atoms with van der Waals surface area (Å²) < 4.78 is 1.73. The van der Waals surface area contributed by atoms with E-state index in [1.165, 1.54) is 18.0 Å². The van der Waals surface area contributed by atoms with Crippen LogP contribution in [0.2, 0.25) is 0 Å². The molecule has 1 aromatic carbocycles. The van der Waals surface area contributed by atoms with E-state index in [2.05, 4.69) is 15.4 Å². The molecule has 0 spiro atoms. The van der Waals surface area contributed by atoms with Gasteiger partial charge in [-0.2, -0.15) is 10.4 Å². The van der Waals surface area contributed by atoms with Gasteiger partial charge in [-0.25, -0.2) is 9.67 Å². The molecule has 0 aliphatic carbocycles. The van der Waals surface area contributed by atoms with Crippen molar-refractivity contribution >= 4 is 29.3 Å². The van der Waals surface area contributed by atoms with Crippen LogP contribution in [0.15, 0.2) is 48.7 Å². The van der Waals surface area contributed by atoms with Crippen molar-refractivity contribution in [2.45, 2.75) is 19.9 Å². The second kappa shape index (κ2) is 8.62. The van der Waals surface area contributed by atoms with Gasteiger partial charge in [0.05, 0.1) is 28.8 Å². The summed E-state index contributed by atoms with van der Waals surface area (Å²) in [7, 11) is 0. The first-order valence-electron chi connectivity index (χ1n) is 9.65. The van der Waals surface area contributed by atoms with Gasteiger partial charge in [-0.1, -0.05) is 0 Å². The molecule has 1 fully saturated rings. The minimum Gasteiger partial charge on any atom is -0.324 e. The smallest absolute Gasteiger partial charge is 0.256 e. The number of hydrogen-bond acceptors (Lipinski definition) is 6. The third-order valence-corrected chi connectivity index (χ3v) is 5.96. The van der Waals surface area contributed by atoms with Crippen molar-refractivity contribution in [3.8, 4) is 11.9 Å². The molecule has 2 aromatic heterocycles. The molecule has 4 rings (SSSR count). The molecule has 1 aliphatic heterocycles. The first kappa shape index (κ1) is 20.6. The Morgan fingerprint density at radius 1 is 1.19 bits per heavy atom. The Morgan fingerprint density at radius 2 is 1.97 bits per heavy atom. The summed E-state index contributed by atoms with van der Waals surface area (Å²) in [5, 5.41) is 16.1. The second-order valence-corrected chi connectivity index (χ2v) is 8.21. The number of nitrogens with one attached hydrogen (secondary N) is 1. The average molecular weight is 433 g/mol. The lowest BCUT2D eigenvalue weighted by atomic mass is 10.2. The monoisotopic (exact) mass is 432 g/mol. The number of aryl methyl sites for hydroxylation is 2. The van der Waals surface area contributed by atoms with Crippen LogP contribution in [0.5, 0.6) is 0 Å². The Bertz CT molecular complexity index is 1160. The highest BCUT2D eigenvalue weighted by molar-refractivity contribution is 7.99. The van der Waals surface area contributed by atoms with Crippen molar-refractivity contribution in [1.29, 1.82) is 5.26 Å². The molecule has 1 aliphatic rings. The summed E-state index contributed by atoms with van der Waals surface area (Å²) in [6.45, 7) is 3.86. The number of nitriles is 1. The van der Waals surface area contributed by atoms with Gasteiger partial charge in [0.25, 0.3) is 5.91 Å². The molecule has 0 bridgehead atoms. The summed E-state index contributed by atoms with van der Waals surface area (Å²) >= 11 is 1.53. The van der Waals surface area contributed by atoms with Crippen LogP contribution in [-0.2, 0) is 4.79 Å². The van der Waals surface area contributed by atoms with Crippen LogP contribution in [0.1, 0.15) is 27.3 Å². The number of nitrogens with zero attached hydrogens (tertiary/aromatic N) is 5. The van der Waals surface area contributed by atoms with Crippen molar-refractivity contribution in [1.82, 2.24) is 19.7 Å². The van der Waals surface area contributed by atoms with Crippen LogP contribution in [0.4, 0.5) is 5.69 Å². The van der Waals surface area contributed by atoms with Crippen LogP contribution in [-0.4, -0.2) is 49.2 Å². The minimum atomic E-state index is -0.580. The standard InChI is InChI=1S/C22H20N6O2S/c1-14-9-15(2)28(26-14)20-8-5-17(11-24-20)22(30)27-13-31-12-19(27)21(29)25-18-6-3-16(10-23)4-7-18/h3-9,11,19H,12-13H2,1-2H3,(H,25,29). The Labute approximate surface area is 183 Å². The van der Waals surface area contributed by atoms with Crippen LogP contribution >= 0.6 is 11.8 Å². The van der Waals surface area contributed by atoms with Gasteiger partial charge in [-0.3, -0.25) is 9.59 Å². The van der Waals surface area contributed by atoms with Crippen molar-refractivity contribution in [2.24, 2.45) is 0 Å². The van der Waals surface area contributed by atoms with Gasteiger partial charge in [0.15, 0.2) is 5.82 Å². The molecule has 1 atom stereocenters. The lowest BCUT2D eigenvalue weighted by Crippen LogP contribution is -2.44. The van der Waals surface area contributed by atoms with E-state index in [0.29, 0.717) is 34.3 Å². The van der Waals surface area contributed by atoms with Gasteiger partial charge < -0.3 is 10.2 Å². The molecule has 9 heteroatoms. The van der Waals surface area contributed by atoms with E-state index in [9.17, 15) is 9.59 Å². The van der Waals surface area contributed by atoms with Gasteiger partial charge in [0.2, 0.25) is 5.91 Å². The lowest BCUT2D eigenvalue weighted by Gasteiger charge is -2.23. The van der Waals surface area contributed by atoms with E-state index in [-0.39, 0.29) is 11.8 Å². The predicted octanol–water partition coefficient (Wildman–Crippen LogP) is 2.91. The molecular weight excluding hydrogens is 412 g/mol. The maximum atomic E-state index is 13.1. The van der Waals surface area contributed by atoms with Gasteiger partial charge in [-0.15, -0.1) is 11.8 Å². The SMILES string of the molecule is Cc1cc(C)n(-c2ccc(C(=O)N3CSCC3C(=O)Nc3ccc(C#N)cc3)cn2)n1. The number of benzene rings is 1. The Kier molecular flexibility index (Phi) is 5.73. The highest BCUT2D eigenvalue weighted by Crippen LogP contribution is 2.24. The van der Waals surface area contributed by atoms with Crippen molar-refractivity contribution in [3.05, 3.63) is 71.2 Å². The maximum Gasteiger partial charge on any atom is 0.256 e. The summed E-state index contributed by atoms with van der Waals surface area (Å²) in [5.41, 5.74) is 3.38. The molecule has 2 amide bonds. The molecule has 3 aromatic rings. The number of amides is 2. The number of pyridine rings is 1. The highest BCUT2D eigenvalue weighted by atomic mass is 32.2. The van der Waals surface area contributed by atoms with Gasteiger partial charge in [0, 0.05) is 23.3 Å². The van der Waals surface area contributed by atoms with Crippen LogP contribution in [0.25, 0.3) is 5.82 Å². The number of carbonyl (C=O) groups excluding carboxylic acids is 2. The molecular formula is C22H20N6O2S. The first-order chi connectivity index (χ1) is 15.0. The number of thioether (sulfide) groups is 1. The van der Waals surface area contributed by atoms with Crippen LogP contribution < -0.4 is 5.32 Å². The molecule has 1 saturated heterocycles. The molecule has 1 unspecified atom stereocenters.